The molecule has 0 aromatic heterocycles. The zero-order valence-electron chi connectivity index (χ0n) is 11.2. The van der Waals surface area contributed by atoms with Gasteiger partial charge in [-0.3, -0.25) is 4.90 Å². The predicted octanol–water partition coefficient (Wildman–Crippen LogP) is 2.24. The van der Waals surface area contributed by atoms with E-state index in [1.165, 1.54) is 0 Å². The number of benzene rings is 1. The number of ether oxygens (including phenoxy) is 1. The highest BCUT2D eigenvalue weighted by atomic mass is 16.6. The molecule has 0 saturated carbocycles. The van der Waals surface area contributed by atoms with E-state index in [1.807, 2.05) is 44.0 Å². The number of amides is 1. The summed E-state index contributed by atoms with van der Waals surface area (Å²) in [5.74, 6) is 0. The van der Waals surface area contributed by atoms with Crippen LogP contribution in [0.1, 0.15) is 17.5 Å². The van der Waals surface area contributed by atoms with Gasteiger partial charge >= 0.3 is 6.09 Å². The van der Waals surface area contributed by atoms with Gasteiger partial charge in [-0.1, -0.05) is 18.2 Å². The monoisotopic (exact) mass is 248 g/mol. The van der Waals surface area contributed by atoms with Gasteiger partial charge in [-0.15, -0.1) is 0 Å². The number of nitrogens with zero attached hydrogens (tertiary/aromatic N) is 1. The van der Waals surface area contributed by atoms with Crippen molar-refractivity contribution >= 4 is 11.8 Å². The van der Waals surface area contributed by atoms with Crippen LogP contribution in [-0.2, 0) is 4.74 Å². The van der Waals surface area contributed by atoms with Gasteiger partial charge in [0, 0.05) is 0 Å². The second-order valence-corrected chi connectivity index (χ2v) is 4.73. The molecule has 2 rings (SSSR count). The molecule has 98 valence electrons. The molecule has 1 aromatic carbocycles. The largest absolute Gasteiger partial charge is 0.447 e. The molecule has 1 fully saturated rings. The van der Waals surface area contributed by atoms with Crippen LogP contribution in [0, 0.1) is 13.8 Å². The van der Waals surface area contributed by atoms with Crippen LogP contribution in [0.3, 0.4) is 0 Å². The van der Waals surface area contributed by atoms with Crippen molar-refractivity contribution in [3.63, 3.8) is 0 Å². The Morgan fingerprint density at radius 1 is 1.39 bits per heavy atom. The first-order valence-corrected chi connectivity index (χ1v) is 6.32. The lowest BCUT2D eigenvalue weighted by Crippen LogP contribution is -2.36. The molecule has 1 aliphatic rings. The number of rotatable bonds is 4. The Labute approximate surface area is 108 Å². The average molecular weight is 248 g/mol. The Kier molecular flexibility index (Phi) is 3.87. The molecule has 1 N–H and O–H groups in total. The number of hydrogen-bond acceptors (Lipinski definition) is 3. The molecule has 1 heterocycles. The Hall–Kier alpha value is -1.55. The van der Waals surface area contributed by atoms with Crippen LogP contribution in [0.15, 0.2) is 18.2 Å². The van der Waals surface area contributed by atoms with Crippen molar-refractivity contribution in [3.8, 4) is 0 Å². The molecule has 1 atom stereocenters. The Bertz CT molecular complexity index is 425. The van der Waals surface area contributed by atoms with Gasteiger partial charge in [0.05, 0.1) is 11.7 Å². The fourth-order valence-electron chi connectivity index (χ4n) is 2.44. The maximum atomic E-state index is 11.9. The third-order valence-electron chi connectivity index (χ3n) is 3.37. The Morgan fingerprint density at radius 3 is 2.67 bits per heavy atom. The second kappa shape index (κ2) is 5.40. The third kappa shape index (κ3) is 2.34. The maximum absolute atomic E-state index is 11.9. The van der Waals surface area contributed by atoms with Crippen LogP contribution in [-0.4, -0.2) is 32.3 Å². The molecular formula is C14H20N2O2. The average Bonchev–Trinajstić information content (AvgIpc) is 2.69. The summed E-state index contributed by atoms with van der Waals surface area (Å²) in [4.78, 5) is 13.7. The molecule has 0 bridgehead atoms. The van der Waals surface area contributed by atoms with Crippen molar-refractivity contribution in [2.75, 3.05) is 25.1 Å². The summed E-state index contributed by atoms with van der Waals surface area (Å²) in [5, 5.41) is 3.12. The summed E-state index contributed by atoms with van der Waals surface area (Å²) in [6.07, 6.45) is 0.671. The fraction of sp³-hybridized carbons (Fsp3) is 0.500. The zero-order chi connectivity index (χ0) is 13.1. The van der Waals surface area contributed by atoms with E-state index in [-0.39, 0.29) is 12.1 Å². The molecule has 0 radical (unpaired) electrons. The maximum Gasteiger partial charge on any atom is 0.414 e. The van der Waals surface area contributed by atoms with Crippen molar-refractivity contribution in [2.45, 2.75) is 26.3 Å². The summed E-state index contributed by atoms with van der Waals surface area (Å²) in [6, 6.07) is 6.20. The molecule has 18 heavy (non-hydrogen) atoms. The van der Waals surface area contributed by atoms with Crippen LogP contribution in [0.5, 0.6) is 0 Å². The van der Waals surface area contributed by atoms with Gasteiger partial charge < -0.3 is 10.1 Å². The highest BCUT2D eigenvalue weighted by molar-refractivity contribution is 5.92. The molecule has 1 amide bonds. The summed E-state index contributed by atoms with van der Waals surface area (Å²) >= 11 is 0. The SMILES string of the molecule is CNCCC1COC(=O)N1c1c(C)cccc1C. The molecule has 1 aromatic rings. The minimum absolute atomic E-state index is 0.129. The second-order valence-electron chi connectivity index (χ2n) is 4.73. The summed E-state index contributed by atoms with van der Waals surface area (Å²) in [7, 11) is 1.92. The number of nitrogens with one attached hydrogen (secondary N) is 1. The highest BCUT2D eigenvalue weighted by Crippen LogP contribution is 2.30. The lowest BCUT2D eigenvalue weighted by Gasteiger charge is -2.24. The first-order chi connectivity index (χ1) is 8.65. The molecule has 4 heteroatoms. The van der Waals surface area contributed by atoms with Crippen molar-refractivity contribution in [2.24, 2.45) is 0 Å². The number of hydrogen-bond donors (Lipinski definition) is 1. The van der Waals surface area contributed by atoms with E-state index in [1.54, 1.807) is 0 Å². The van der Waals surface area contributed by atoms with E-state index >= 15 is 0 Å². The van der Waals surface area contributed by atoms with Gasteiger partial charge in [0.1, 0.15) is 6.61 Å². The minimum atomic E-state index is -0.228. The standard InChI is InChI=1S/C14H20N2O2/c1-10-5-4-6-11(2)13(10)16-12(7-8-15-3)9-18-14(16)17/h4-6,12,15H,7-9H2,1-3H3. The van der Waals surface area contributed by atoms with Gasteiger partial charge in [-0.2, -0.15) is 0 Å². The van der Waals surface area contributed by atoms with Crippen LogP contribution in [0.4, 0.5) is 10.5 Å². The quantitative estimate of drug-likeness (QED) is 0.888. The minimum Gasteiger partial charge on any atom is -0.447 e. The fourth-order valence-corrected chi connectivity index (χ4v) is 2.44. The van der Waals surface area contributed by atoms with Gasteiger partial charge in [0.15, 0.2) is 0 Å². The van der Waals surface area contributed by atoms with E-state index in [4.69, 9.17) is 4.74 Å². The topological polar surface area (TPSA) is 41.6 Å². The smallest absolute Gasteiger partial charge is 0.414 e. The molecule has 1 aliphatic heterocycles. The van der Waals surface area contributed by atoms with Crippen molar-refractivity contribution in [1.82, 2.24) is 5.32 Å². The van der Waals surface area contributed by atoms with E-state index in [9.17, 15) is 4.79 Å². The number of aryl methyl sites for hydroxylation is 2. The van der Waals surface area contributed by atoms with Gasteiger partial charge in [-0.25, -0.2) is 4.79 Å². The number of carbonyl (C=O) groups is 1. The number of cyclic esters (lactones) is 1. The Morgan fingerprint density at radius 2 is 2.06 bits per heavy atom. The van der Waals surface area contributed by atoms with Gasteiger partial charge in [0.25, 0.3) is 0 Å². The normalized spacial score (nSPS) is 19.2. The van der Waals surface area contributed by atoms with Crippen molar-refractivity contribution in [3.05, 3.63) is 29.3 Å². The molecule has 0 aliphatic carbocycles. The summed E-state index contributed by atoms with van der Waals surface area (Å²) < 4.78 is 5.20. The first kappa shape index (κ1) is 12.9. The van der Waals surface area contributed by atoms with E-state index in [0.29, 0.717) is 6.61 Å². The van der Waals surface area contributed by atoms with Crippen LogP contribution < -0.4 is 10.2 Å². The van der Waals surface area contributed by atoms with Crippen LogP contribution >= 0.6 is 0 Å². The van der Waals surface area contributed by atoms with Crippen LogP contribution in [0.25, 0.3) is 0 Å². The number of para-hydroxylation sites is 1. The molecular weight excluding hydrogens is 228 g/mol. The molecule has 0 spiro atoms. The van der Waals surface area contributed by atoms with E-state index in [0.717, 1.165) is 29.8 Å². The lowest BCUT2D eigenvalue weighted by molar-refractivity contribution is 0.178. The van der Waals surface area contributed by atoms with Crippen LogP contribution in [0.2, 0.25) is 0 Å². The first-order valence-electron chi connectivity index (χ1n) is 6.32. The van der Waals surface area contributed by atoms with E-state index in [2.05, 4.69) is 5.32 Å². The lowest BCUT2D eigenvalue weighted by atomic mass is 10.1. The summed E-state index contributed by atoms with van der Waals surface area (Å²) in [5.41, 5.74) is 3.23. The Balaban J connectivity index is 2.31. The highest BCUT2D eigenvalue weighted by Gasteiger charge is 2.35. The zero-order valence-corrected chi connectivity index (χ0v) is 11.2. The van der Waals surface area contributed by atoms with Gasteiger partial charge in [0.2, 0.25) is 0 Å². The number of carbonyl (C=O) groups excluding carboxylic acids is 1. The van der Waals surface area contributed by atoms with Gasteiger partial charge in [-0.05, 0) is 45.0 Å². The third-order valence-corrected chi connectivity index (χ3v) is 3.37. The molecule has 4 nitrogen and oxygen atoms in total. The molecule has 1 saturated heterocycles. The number of anilines is 1. The summed E-state index contributed by atoms with van der Waals surface area (Å²) in [6.45, 7) is 5.42. The van der Waals surface area contributed by atoms with Crippen molar-refractivity contribution in [1.29, 1.82) is 0 Å². The van der Waals surface area contributed by atoms with E-state index < -0.39 is 0 Å². The predicted molar refractivity (Wildman–Crippen MR) is 72.1 cm³/mol. The van der Waals surface area contributed by atoms with Crippen molar-refractivity contribution < 1.29 is 9.53 Å². The molecule has 1 unspecified atom stereocenters.